The molecule has 0 aliphatic carbocycles. The molecule has 2 aromatic carbocycles. The van der Waals surface area contributed by atoms with E-state index in [0.29, 0.717) is 15.9 Å². The Bertz CT molecular complexity index is 732. The average molecular weight is 391 g/mol. The highest BCUT2D eigenvalue weighted by atomic mass is 79.9. The van der Waals surface area contributed by atoms with Crippen LogP contribution in [-0.2, 0) is 16.4 Å². The van der Waals surface area contributed by atoms with Gasteiger partial charge in [-0.25, -0.2) is 13.1 Å². The summed E-state index contributed by atoms with van der Waals surface area (Å²) in [5.74, 6) is 0.186. The third kappa shape index (κ3) is 4.44. The van der Waals surface area contributed by atoms with Gasteiger partial charge in [0.25, 0.3) is 0 Å². The SMILES string of the molecule is O=S(=O)(NCCc1ccc(O)cc1)c1ccc(Cl)c(Br)c1. The largest absolute Gasteiger partial charge is 0.508 e. The van der Waals surface area contributed by atoms with Crippen LogP contribution in [0.4, 0.5) is 0 Å². The minimum absolute atomic E-state index is 0.157. The fourth-order valence-corrected chi connectivity index (χ4v) is 3.43. The highest BCUT2D eigenvalue weighted by Gasteiger charge is 2.14. The van der Waals surface area contributed by atoms with Gasteiger partial charge >= 0.3 is 0 Å². The van der Waals surface area contributed by atoms with Crippen molar-refractivity contribution in [2.75, 3.05) is 6.54 Å². The number of sulfonamides is 1. The van der Waals surface area contributed by atoms with E-state index in [0.717, 1.165) is 5.56 Å². The highest BCUT2D eigenvalue weighted by Crippen LogP contribution is 2.25. The van der Waals surface area contributed by atoms with Crippen LogP contribution < -0.4 is 4.72 Å². The lowest BCUT2D eigenvalue weighted by Crippen LogP contribution is -2.26. The van der Waals surface area contributed by atoms with Crippen molar-refractivity contribution in [3.05, 3.63) is 57.5 Å². The van der Waals surface area contributed by atoms with Crippen LogP contribution in [0.15, 0.2) is 51.8 Å². The molecule has 0 aliphatic heterocycles. The molecule has 0 unspecified atom stereocenters. The Kier molecular flexibility index (Phi) is 5.27. The predicted molar refractivity (Wildman–Crippen MR) is 86.2 cm³/mol. The molecule has 7 heteroatoms. The van der Waals surface area contributed by atoms with Gasteiger partial charge in [-0.1, -0.05) is 23.7 Å². The molecule has 0 fully saturated rings. The van der Waals surface area contributed by atoms with E-state index < -0.39 is 10.0 Å². The van der Waals surface area contributed by atoms with Gasteiger partial charge in [0.15, 0.2) is 0 Å². The number of hydrogen-bond donors (Lipinski definition) is 2. The van der Waals surface area contributed by atoms with E-state index in [4.69, 9.17) is 11.6 Å². The van der Waals surface area contributed by atoms with Crippen molar-refractivity contribution < 1.29 is 13.5 Å². The molecule has 0 bridgehead atoms. The lowest BCUT2D eigenvalue weighted by atomic mass is 10.1. The molecule has 2 N–H and O–H groups in total. The molecule has 21 heavy (non-hydrogen) atoms. The first-order valence-corrected chi connectivity index (χ1v) is 8.76. The Labute approximate surface area is 136 Å². The van der Waals surface area contributed by atoms with E-state index in [1.807, 2.05) is 0 Å². The van der Waals surface area contributed by atoms with E-state index in [-0.39, 0.29) is 17.2 Å². The first kappa shape index (κ1) is 16.3. The van der Waals surface area contributed by atoms with Gasteiger partial charge in [0, 0.05) is 11.0 Å². The average Bonchev–Trinajstić information content (AvgIpc) is 2.44. The van der Waals surface area contributed by atoms with Crippen molar-refractivity contribution in [2.24, 2.45) is 0 Å². The number of phenols is 1. The summed E-state index contributed by atoms with van der Waals surface area (Å²) in [6.07, 6.45) is 0.536. The van der Waals surface area contributed by atoms with Crippen molar-refractivity contribution in [1.29, 1.82) is 0 Å². The van der Waals surface area contributed by atoms with Crippen molar-refractivity contribution in [3.8, 4) is 5.75 Å². The number of aromatic hydroxyl groups is 1. The van der Waals surface area contributed by atoms with Gasteiger partial charge in [0.2, 0.25) is 10.0 Å². The Morgan fingerprint density at radius 1 is 1.14 bits per heavy atom. The zero-order valence-electron chi connectivity index (χ0n) is 10.9. The second kappa shape index (κ2) is 6.79. The highest BCUT2D eigenvalue weighted by molar-refractivity contribution is 9.10. The molecule has 0 saturated carbocycles. The Hall–Kier alpha value is -1.08. The van der Waals surface area contributed by atoms with Crippen molar-refractivity contribution >= 4 is 37.6 Å². The van der Waals surface area contributed by atoms with Crippen LogP contribution in [0.1, 0.15) is 5.56 Å². The molecule has 112 valence electrons. The Morgan fingerprint density at radius 3 is 2.43 bits per heavy atom. The van der Waals surface area contributed by atoms with Gasteiger partial charge < -0.3 is 5.11 Å². The standard InChI is InChI=1S/C14H13BrClNO3S/c15-13-9-12(5-6-14(13)16)21(19,20)17-8-7-10-1-3-11(18)4-2-10/h1-6,9,17-18H,7-8H2. The third-order valence-corrected chi connectivity index (χ3v) is 5.52. The van der Waals surface area contributed by atoms with E-state index in [1.165, 1.54) is 18.2 Å². The molecular weight excluding hydrogens is 378 g/mol. The zero-order valence-corrected chi connectivity index (χ0v) is 14.0. The van der Waals surface area contributed by atoms with Gasteiger partial charge in [0.05, 0.1) is 9.92 Å². The molecule has 0 heterocycles. The Balaban J connectivity index is 2.01. The number of hydrogen-bond acceptors (Lipinski definition) is 3. The lowest BCUT2D eigenvalue weighted by Gasteiger charge is -2.08. The van der Waals surface area contributed by atoms with Crippen molar-refractivity contribution in [3.63, 3.8) is 0 Å². The lowest BCUT2D eigenvalue weighted by molar-refractivity contribution is 0.475. The van der Waals surface area contributed by atoms with Crippen LogP contribution in [-0.4, -0.2) is 20.1 Å². The summed E-state index contributed by atoms with van der Waals surface area (Å²) < 4.78 is 27.3. The van der Waals surface area contributed by atoms with Gasteiger partial charge in [-0.15, -0.1) is 0 Å². The van der Waals surface area contributed by atoms with Gasteiger partial charge in [0.1, 0.15) is 5.75 Å². The maximum atomic E-state index is 12.1. The summed E-state index contributed by atoms with van der Waals surface area (Å²) in [6, 6.07) is 11.1. The summed E-state index contributed by atoms with van der Waals surface area (Å²) in [5.41, 5.74) is 0.938. The number of phenolic OH excluding ortho intramolecular Hbond substituents is 1. The van der Waals surface area contributed by atoms with Crippen molar-refractivity contribution in [1.82, 2.24) is 4.72 Å². The minimum atomic E-state index is -3.57. The molecule has 0 aliphatic rings. The van der Waals surface area contributed by atoms with E-state index in [9.17, 15) is 13.5 Å². The summed E-state index contributed by atoms with van der Waals surface area (Å²) in [6.45, 7) is 0.271. The predicted octanol–water partition coefficient (Wildman–Crippen LogP) is 3.33. The smallest absolute Gasteiger partial charge is 0.240 e. The maximum Gasteiger partial charge on any atom is 0.240 e. The van der Waals surface area contributed by atoms with Gasteiger partial charge in [-0.2, -0.15) is 0 Å². The van der Waals surface area contributed by atoms with E-state index >= 15 is 0 Å². The number of benzene rings is 2. The summed E-state index contributed by atoms with van der Waals surface area (Å²) in [4.78, 5) is 0.157. The monoisotopic (exact) mass is 389 g/mol. The van der Waals surface area contributed by atoms with Crippen LogP contribution in [0.3, 0.4) is 0 Å². The number of rotatable bonds is 5. The first-order valence-electron chi connectivity index (χ1n) is 6.11. The van der Waals surface area contributed by atoms with Crippen molar-refractivity contribution in [2.45, 2.75) is 11.3 Å². The number of halogens is 2. The molecule has 4 nitrogen and oxygen atoms in total. The molecule has 2 rings (SSSR count). The fourth-order valence-electron chi connectivity index (χ4n) is 1.72. The molecule has 2 aromatic rings. The first-order chi connectivity index (χ1) is 9.88. The van der Waals surface area contributed by atoms with Gasteiger partial charge in [-0.05, 0) is 58.2 Å². The van der Waals surface area contributed by atoms with Crippen LogP contribution in [0, 0.1) is 0 Å². The molecule has 0 radical (unpaired) electrons. The number of nitrogens with one attached hydrogen (secondary N) is 1. The van der Waals surface area contributed by atoms with E-state index in [2.05, 4.69) is 20.7 Å². The molecule has 0 atom stereocenters. The molecular formula is C14H13BrClNO3S. The van der Waals surface area contributed by atoms with Crippen LogP contribution in [0.5, 0.6) is 5.75 Å². The van der Waals surface area contributed by atoms with Crippen LogP contribution >= 0.6 is 27.5 Å². The summed E-state index contributed by atoms with van der Waals surface area (Å²) >= 11 is 9.05. The second-order valence-electron chi connectivity index (χ2n) is 4.39. The quantitative estimate of drug-likeness (QED) is 0.823. The summed E-state index contributed by atoms with van der Waals surface area (Å²) in [7, 11) is -3.57. The zero-order chi connectivity index (χ0) is 15.5. The van der Waals surface area contributed by atoms with Crippen LogP contribution in [0.25, 0.3) is 0 Å². The van der Waals surface area contributed by atoms with Gasteiger partial charge in [-0.3, -0.25) is 0 Å². The minimum Gasteiger partial charge on any atom is -0.508 e. The molecule has 0 saturated heterocycles. The Morgan fingerprint density at radius 2 is 1.81 bits per heavy atom. The molecule has 0 aromatic heterocycles. The summed E-state index contributed by atoms with van der Waals surface area (Å²) in [5, 5.41) is 9.64. The second-order valence-corrected chi connectivity index (χ2v) is 7.42. The van der Waals surface area contributed by atoms with E-state index in [1.54, 1.807) is 24.3 Å². The maximum absolute atomic E-state index is 12.1. The van der Waals surface area contributed by atoms with Crippen LogP contribution in [0.2, 0.25) is 5.02 Å². The fraction of sp³-hybridized carbons (Fsp3) is 0.143. The molecule has 0 spiro atoms. The topological polar surface area (TPSA) is 66.4 Å². The third-order valence-electron chi connectivity index (χ3n) is 2.84. The normalized spacial score (nSPS) is 11.5. The molecule has 0 amide bonds.